The van der Waals surface area contributed by atoms with Gasteiger partial charge in [0.25, 0.3) is 0 Å². The molecule has 0 saturated carbocycles. The fraction of sp³-hybridized carbons (Fsp3) is 0.250. The monoisotopic (exact) mass is 499 g/mol. The number of anilines is 2. The maximum Gasteiger partial charge on any atom is 0.227 e. The lowest BCUT2D eigenvalue weighted by Gasteiger charge is -2.29. The highest BCUT2D eigenvalue weighted by Crippen LogP contribution is 2.31. The topological polar surface area (TPSA) is 83.3 Å². The number of benzene rings is 3. The van der Waals surface area contributed by atoms with E-state index in [4.69, 9.17) is 21.1 Å². The minimum atomic E-state index is 0.209. The number of halogens is 1. The van der Waals surface area contributed by atoms with Gasteiger partial charge in [0.15, 0.2) is 0 Å². The van der Waals surface area contributed by atoms with Gasteiger partial charge in [-0.15, -0.1) is 0 Å². The zero-order valence-corrected chi connectivity index (χ0v) is 20.7. The van der Waals surface area contributed by atoms with Crippen molar-refractivity contribution in [3.05, 3.63) is 83.0 Å². The van der Waals surface area contributed by atoms with Crippen LogP contribution in [-0.2, 0) is 6.61 Å². The summed E-state index contributed by atoms with van der Waals surface area (Å²) in [6.07, 6.45) is 4.03. The fourth-order valence-electron chi connectivity index (χ4n) is 4.21. The molecule has 1 saturated heterocycles. The van der Waals surface area contributed by atoms with Gasteiger partial charge in [-0.05, 0) is 56.3 Å². The molecule has 0 radical (unpaired) electrons. The van der Waals surface area contributed by atoms with E-state index in [2.05, 4.69) is 33.3 Å². The molecule has 5 rings (SSSR count). The highest BCUT2D eigenvalue weighted by atomic mass is 35.5. The number of rotatable bonds is 7. The second-order valence-electron chi connectivity index (χ2n) is 8.83. The molecule has 1 aliphatic rings. The minimum absolute atomic E-state index is 0.209. The van der Waals surface area contributed by atoms with Crippen molar-refractivity contribution in [1.82, 2.24) is 14.9 Å². The van der Waals surface area contributed by atoms with E-state index in [1.165, 1.54) is 0 Å². The Morgan fingerprint density at radius 2 is 1.92 bits per heavy atom. The van der Waals surface area contributed by atoms with E-state index in [9.17, 15) is 5.26 Å². The number of piperidine rings is 1. The van der Waals surface area contributed by atoms with Gasteiger partial charge in [0.1, 0.15) is 24.2 Å². The van der Waals surface area contributed by atoms with E-state index in [0.717, 1.165) is 53.8 Å². The Morgan fingerprint density at radius 3 is 2.72 bits per heavy atom. The normalized spacial score (nSPS) is 14.4. The molecule has 0 spiro atoms. The lowest BCUT2D eigenvalue weighted by molar-refractivity contribution is 0.115. The molecule has 36 heavy (non-hydrogen) atoms. The standard InChI is InChI=1S/C28H26ClN5O2/c1-34-13-11-22(12-14-34)36-26-8-4-7-25-23(26)17-31-28(33-25)32-21-9-10-27(24(29)15-21)35-18-20-6-3-2-5-19(20)16-30/h2-10,15,17,22H,11-14,18H2,1H3,(H,31,32,33). The Kier molecular flexibility index (Phi) is 7.17. The van der Waals surface area contributed by atoms with Crippen LogP contribution in [0.1, 0.15) is 24.0 Å². The Labute approximate surface area is 215 Å². The van der Waals surface area contributed by atoms with E-state index < -0.39 is 0 Å². The molecule has 182 valence electrons. The van der Waals surface area contributed by atoms with Crippen LogP contribution in [0.15, 0.2) is 66.9 Å². The van der Waals surface area contributed by atoms with Crippen LogP contribution in [0, 0.1) is 11.3 Å². The highest BCUT2D eigenvalue weighted by Gasteiger charge is 2.19. The fourth-order valence-corrected chi connectivity index (χ4v) is 4.44. The van der Waals surface area contributed by atoms with Crippen LogP contribution in [0.5, 0.6) is 11.5 Å². The van der Waals surface area contributed by atoms with Gasteiger partial charge in [-0.25, -0.2) is 9.97 Å². The molecule has 1 N–H and O–H groups in total. The van der Waals surface area contributed by atoms with Gasteiger partial charge in [-0.2, -0.15) is 5.26 Å². The summed E-state index contributed by atoms with van der Waals surface area (Å²) in [5.74, 6) is 1.81. The van der Waals surface area contributed by atoms with Gasteiger partial charge in [-0.1, -0.05) is 35.9 Å². The lowest BCUT2D eigenvalue weighted by atomic mass is 10.1. The average Bonchev–Trinajstić information content (AvgIpc) is 2.90. The molecule has 1 aromatic heterocycles. The molecule has 7 nitrogen and oxygen atoms in total. The van der Waals surface area contributed by atoms with Gasteiger partial charge < -0.3 is 19.7 Å². The first-order valence-corrected chi connectivity index (χ1v) is 12.2. The Balaban J connectivity index is 1.27. The van der Waals surface area contributed by atoms with Crippen molar-refractivity contribution in [2.45, 2.75) is 25.6 Å². The molecule has 8 heteroatoms. The third-order valence-corrected chi connectivity index (χ3v) is 6.55. The molecule has 1 fully saturated rings. The van der Waals surface area contributed by atoms with Crippen LogP contribution in [0.25, 0.3) is 10.9 Å². The van der Waals surface area contributed by atoms with Crippen molar-refractivity contribution in [3.63, 3.8) is 0 Å². The van der Waals surface area contributed by atoms with E-state index in [-0.39, 0.29) is 12.7 Å². The van der Waals surface area contributed by atoms with Gasteiger partial charge in [0, 0.05) is 30.5 Å². The molecular weight excluding hydrogens is 474 g/mol. The van der Waals surface area contributed by atoms with E-state index in [0.29, 0.717) is 22.3 Å². The molecule has 2 heterocycles. The number of fused-ring (bicyclic) bond motifs is 1. The zero-order chi connectivity index (χ0) is 24.9. The van der Waals surface area contributed by atoms with Crippen molar-refractivity contribution >= 4 is 34.1 Å². The van der Waals surface area contributed by atoms with E-state index in [1.807, 2.05) is 42.5 Å². The summed E-state index contributed by atoms with van der Waals surface area (Å²) in [4.78, 5) is 11.5. The summed E-state index contributed by atoms with van der Waals surface area (Å²) in [6, 6.07) is 20.8. The molecule has 0 unspecified atom stereocenters. The number of aromatic nitrogens is 2. The first-order chi connectivity index (χ1) is 17.6. The van der Waals surface area contributed by atoms with Crippen LogP contribution in [0.3, 0.4) is 0 Å². The first kappa shape index (κ1) is 23.9. The molecule has 3 aromatic carbocycles. The second-order valence-corrected chi connectivity index (χ2v) is 9.24. The Bertz CT molecular complexity index is 1410. The average molecular weight is 500 g/mol. The van der Waals surface area contributed by atoms with E-state index >= 15 is 0 Å². The molecule has 1 aliphatic heterocycles. The summed E-state index contributed by atoms with van der Waals surface area (Å²) in [6.45, 7) is 2.34. The Morgan fingerprint density at radius 1 is 1.08 bits per heavy atom. The molecule has 0 atom stereocenters. The molecule has 0 aliphatic carbocycles. The molecule has 0 amide bonds. The summed E-state index contributed by atoms with van der Waals surface area (Å²) in [5.41, 5.74) is 2.94. The first-order valence-electron chi connectivity index (χ1n) is 11.9. The van der Waals surface area contributed by atoms with Gasteiger partial charge in [0.2, 0.25) is 5.95 Å². The third-order valence-electron chi connectivity index (χ3n) is 6.25. The summed E-state index contributed by atoms with van der Waals surface area (Å²) >= 11 is 6.46. The predicted octanol–water partition coefficient (Wildman–Crippen LogP) is 5.95. The van der Waals surface area contributed by atoms with Gasteiger partial charge in [0.05, 0.1) is 27.6 Å². The van der Waals surface area contributed by atoms with Crippen LogP contribution in [0.4, 0.5) is 11.6 Å². The largest absolute Gasteiger partial charge is 0.490 e. The van der Waals surface area contributed by atoms with Crippen molar-refractivity contribution in [3.8, 4) is 17.6 Å². The summed E-state index contributed by atoms with van der Waals surface area (Å²) in [7, 11) is 2.14. The smallest absolute Gasteiger partial charge is 0.227 e. The van der Waals surface area contributed by atoms with Crippen LogP contribution >= 0.6 is 11.6 Å². The summed E-state index contributed by atoms with van der Waals surface area (Å²) in [5, 5.41) is 13.8. The van der Waals surface area contributed by atoms with Gasteiger partial charge in [-0.3, -0.25) is 0 Å². The van der Waals surface area contributed by atoms with Crippen LogP contribution in [-0.4, -0.2) is 41.1 Å². The SMILES string of the molecule is CN1CCC(Oc2cccc3nc(Nc4ccc(OCc5ccccc5C#N)c(Cl)c4)ncc23)CC1. The zero-order valence-electron chi connectivity index (χ0n) is 19.9. The predicted molar refractivity (Wildman–Crippen MR) is 141 cm³/mol. The number of nitriles is 1. The number of ether oxygens (including phenoxy) is 2. The second kappa shape index (κ2) is 10.8. The van der Waals surface area contributed by atoms with E-state index in [1.54, 1.807) is 24.4 Å². The number of nitrogens with one attached hydrogen (secondary N) is 1. The lowest BCUT2D eigenvalue weighted by Crippen LogP contribution is -2.35. The highest BCUT2D eigenvalue weighted by molar-refractivity contribution is 6.32. The maximum absolute atomic E-state index is 9.25. The minimum Gasteiger partial charge on any atom is -0.490 e. The third kappa shape index (κ3) is 5.51. The number of nitrogens with zero attached hydrogens (tertiary/aromatic N) is 4. The van der Waals surface area contributed by atoms with Crippen LogP contribution in [0.2, 0.25) is 5.02 Å². The molecule has 0 bridgehead atoms. The number of likely N-dealkylation sites (tertiary alicyclic amines) is 1. The van der Waals surface area contributed by atoms with Crippen molar-refractivity contribution in [2.24, 2.45) is 0 Å². The van der Waals surface area contributed by atoms with Crippen molar-refractivity contribution in [2.75, 3.05) is 25.5 Å². The number of hydrogen-bond acceptors (Lipinski definition) is 7. The molecular formula is C28H26ClN5O2. The van der Waals surface area contributed by atoms with Crippen LogP contribution < -0.4 is 14.8 Å². The maximum atomic E-state index is 9.25. The number of hydrogen-bond donors (Lipinski definition) is 1. The molecule has 4 aromatic rings. The quantitative estimate of drug-likeness (QED) is 0.336. The van der Waals surface area contributed by atoms with Crippen molar-refractivity contribution < 1.29 is 9.47 Å². The Hall–Kier alpha value is -3.86. The van der Waals surface area contributed by atoms with Gasteiger partial charge >= 0.3 is 0 Å². The van der Waals surface area contributed by atoms with Crippen molar-refractivity contribution in [1.29, 1.82) is 5.26 Å². The summed E-state index contributed by atoms with van der Waals surface area (Å²) < 4.78 is 12.1.